The van der Waals surface area contributed by atoms with E-state index in [2.05, 4.69) is 23.3 Å². The highest BCUT2D eigenvalue weighted by Gasteiger charge is 1.92. The van der Waals surface area contributed by atoms with Crippen molar-refractivity contribution in [2.24, 2.45) is 9.98 Å². The fourth-order valence-electron chi connectivity index (χ4n) is 0.389. The molecule has 0 unspecified atom stereocenters. The predicted molar refractivity (Wildman–Crippen MR) is 45.5 cm³/mol. The van der Waals surface area contributed by atoms with Crippen molar-refractivity contribution in [2.75, 3.05) is 13.6 Å². The highest BCUT2D eigenvalue weighted by Crippen LogP contribution is 1.96. The summed E-state index contributed by atoms with van der Waals surface area (Å²) in [5.41, 5.74) is 0. The van der Waals surface area contributed by atoms with E-state index in [4.69, 9.17) is 0 Å². The minimum absolute atomic E-state index is 0.704. The van der Waals surface area contributed by atoms with Crippen molar-refractivity contribution in [1.82, 2.24) is 4.90 Å². The van der Waals surface area contributed by atoms with Crippen LogP contribution in [0.1, 0.15) is 6.92 Å². The van der Waals surface area contributed by atoms with Crippen LogP contribution in [0.4, 0.5) is 0 Å². The second-order valence-corrected chi connectivity index (χ2v) is 1.86. The van der Waals surface area contributed by atoms with Crippen LogP contribution in [0.3, 0.4) is 0 Å². The molecule has 10 heavy (non-hydrogen) atoms. The molecule has 0 amide bonds. The minimum atomic E-state index is 0.704. The maximum atomic E-state index is 3.89. The fraction of sp³-hybridized carbons (Fsp3) is 0.429. The molecule has 0 rings (SSSR count). The first-order valence-electron chi connectivity index (χ1n) is 3.10. The van der Waals surface area contributed by atoms with Crippen molar-refractivity contribution >= 4 is 13.1 Å². The third-order valence-corrected chi connectivity index (χ3v) is 1.20. The Bertz CT molecular complexity index is 149. The van der Waals surface area contributed by atoms with Crippen molar-refractivity contribution in [3.63, 3.8) is 0 Å². The lowest BCUT2D eigenvalue weighted by molar-refractivity contribution is 0.440. The van der Waals surface area contributed by atoms with Gasteiger partial charge in [0.2, 0.25) is 0 Å². The number of rotatable bonds is 4. The van der Waals surface area contributed by atoms with E-state index in [-0.39, 0.29) is 0 Å². The van der Waals surface area contributed by atoms with Crippen LogP contribution in [0.5, 0.6) is 0 Å². The summed E-state index contributed by atoms with van der Waals surface area (Å²) >= 11 is 0. The molecule has 0 bridgehead atoms. The maximum absolute atomic E-state index is 3.89. The van der Waals surface area contributed by atoms with E-state index >= 15 is 0 Å². The Labute approximate surface area is 61.8 Å². The smallest absolute Gasteiger partial charge is 0.122 e. The molecule has 0 saturated carbocycles. The van der Waals surface area contributed by atoms with Gasteiger partial charge in [-0.2, -0.15) is 0 Å². The molecule has 3 nitrogen and oxygen atoms in total. The average molecular weight is 139 g/mol. The maximum Gasteiger partial charge on any atom is 0.122 e. The zero-order valence-corrected chi connectivity index (χ0v) is 6.54. The fourth-order valence-corrected chi connectivity index (χ4v) is 0.389. The van der Waals surface area contributed by atoms with Crippen LogP contribution in [-0.4, -0.2) is 31.5 Å². The van der Waals surface area contributed by atoms with Gasteiger partial charge in [0.1, 0.15) is 12.2 Å². The van der Waals surface area contributed by atoms with Gasteiger partial charge in [-0.05, 0) is 13.6 Å². The number of aliphatic imine (C=N–C) groups is 2. The van der Waals surface area contributed by atoms with Gasteiger partial charge in [0.05, 0.1) is 0 Å². The normalized spacial score (nSPS) is 9.80. The molecule has 0 aromatic carbocycles. The molecule has 0 N–H and O–H groups in total. The molecule has 0 aliphatic heterocycles. The van der Waals surface area contributed by atoms with Gasteiger partial charge < -0.3 is 4.90 Å². The van der Waals surface area contributed by atoms with E-state index in [0.717, 1.165) is 6.54 Å². The van der Waals surface area contributed by atoms with Gasteiger partial charge >= 0.3 is 0 Å². The summed E-state index contributed by atoms with van der Waals surface area (Å²) < 4.78 is 0. The van der Waals surface area contributed by atoms with Crippen LogP contribution in [-0.2, 0) is 0 Å². The minimum Gasteiger partial charge on any atom is -0.360 e. The third-order valence-electron chi connectivity index (χ3n) is 1.20. The zero-order valence-electron chi connectivity index (χ0n) is 6.54. The highest BCUT2D eigenvalue weighted by molar-refractivity contribution is 5.62. The van der Waals surface area contributed by atoms with E-state index in [1.807, 2.05) is 18.9 Å². The second-order valence-electron chi connectivity index (χ2n) is 1.86. The summed E-state index contributed by atoms with van der Waals surface area (Å²) in [6.07, 6.45) is 1.38. The summed E-state index contributed by atoms with van der Waals surface area (Å²) in [6.45, 7) is 9.89. The Morgan fingerprint density at radius 1 is 1.70 bits per heavy atom. The molecule has 0 aliphatic rings. The number of hydrogen-bond acceptors (Lipinski definition) is 2. The van der Waals surface area contributed by atoms with Crippen molar-refractivity contribution in [1.29, 1.82) is 0 Å². The van der Waals surface area contributed by atoms with Crippen molar-refractivity contribution in [2.45, 2.75) is 6.92 Å². The van der Waals surface area contributed by atoms with Crippen molar-refractivity contribution < 1.29 is 0 Å². The van der Waals surface area contributed by atoms with Gasteiger partial charge in [-0.1, -0.05) is 6.58 Å². The van der Waals surface area contributed by atoms with Gasteiger partial charge in [-0.3, -0.25) is 4.99 Å². The highest BCUT2D eigenvalue weighted by atomic mass is 15.2. The van der Waals surface area contributed by atoms with E-state index < -0.39 is 0 Å². The Kier molecular flexibility index (Phi) is 4.20. The van der Waals surface area contributed by atoms with E-state index in [9.17, 15) is 0 Å². The first-order chi connectivity index (χ1) is 4.72. The summed E-state index contributed by atoms with van der Waals surface area (Å²) in [5.74, 6) is 0.704. The Morgan fingerprint density at radius 3 is 2.70 bits per heavy atom. The van der Waals surface area contributed by atoms with Gasteiger partial charge in [0.25, 0.3) is 0 Å². The third kappa shape index (κ3) is 3.02. The SMILES string of the molecule is C=N/C=N\C(=C)N(C)CC. The quantitative estimate of drug-likeness (QED) is 0.424. The van der Waals surface area contributed by atoms with Gasteiger partial charge in [-0.25, -0.2) is 4.99 Å². The summed E-state index contributed by atoms with van der Waals surface area (Å²) in [7, 11) is 1.92. The van der Waals surface area contributed by atoms with Crippen molar-refractivity contribution in [3.05, 3.63) is 12.4 Å². The van der Waals surface area contributed by atoms with Crippen LogP contribution in [0.2, 0.25) is 0 Å². The molecular weight excluding hydrogens is 126 g/mol. The monoisotopic (exact) mass is 139 g/mol. The van der Waals surface area contributed by atoms with Crippen LogP contribution < -0.4 is 0 Å². The lowest BCUT2D eigenvalue weighted by atomic mass is 10.6. The molecule has 0 heterocycles. The van der Waals surface area contributed by atoms with Crippen LogP contribution in [0, 0.1) is 0 Å². The van der Waals surface area contributed by atoms with E-state index in [1.165, 1.54) is 6.34 Å². The largest absolute Gasteiger partial charge is 0.360 e. The predicted octanol–water partition coefficient (Wildman–Crippen LogP) is 1.14. The molecule has 3 heteroatoms. The Morgan fingerprint density at radius 2 is 2.30 bits per heavy atom. The van der Waals surface area contributed by atoms with E-state index in [0.29, 0.717) is 5.82 Å². The van der Waals surface area contributed by atoms with Gasteiger partial charge in [0.15, 0.2) is 0 Å². The molecule has 0 atom stereocenters. The average Bonchev–Trinajstić information content (AvgIpc) is 1.98. The molecule has 0 aliphatic carbocycles. The number of hydrogen-bond donors (Lipinski definition) is 0. The van der Waals surface area contributed by atoms with Crippen LogP contribution in [0.25, 0.3) is 0 Å². The summed E-state index contributed by atoms with van der Waals surface area (Å²) in [4.78, 5) is 9.27. The van der Waals surface area contributed by atoms with E-state index in [1.54, 1.807) is 0 Å². The summed E-state index contributed by atoms with van der Waals surface area (Å²) in [5, 5.41) is 0. The molecule has 0 spiro atoms. The zero-order chi connectivity index (χ0) is 7.98. The first-order valence-corrected chi connectivity index (χ1v) is 3.10. The molecular formula is C7H13N3. The number of nitrogens with zero attached hydrogens (tertiary/aromatic N) is 3. The lowest BCUT2D eigenvalue weighted by Crippen LogP contribution is -2.14. The molecule has 0 fully saturated rings. The Hall–Kier alpha value is -1.12. The molecule has 56 valence electrons. The summed E-state index contributed by atoms with van der Waals surface area (Å²) in [6, 6.07) is 0. The molecule has 0 aromatic heterocycles. The van der Waals surface area contributed by atoms with Gasteiger partial charge in [0, 0.05) is 13.6 Å². The molecule has 0 radical (unpaired) electrons. The van der Waals surface area contributed by atoms with Crippen LogP contribution in [0.15, 0.2) is 22.4 Å². The second kappa shape index (κ2) is 4.73. The van der Waals surface area contributed by atoms with Crippen molar-refractivity contribution in [3.8, 4) is 0 Å². The van der Waals surface area contributed by atoms with Gasteiger partial charge in [-0.15, -0.1) is 0 Å². The Balaban J connectivity index is 3.83. The molecule has 0 saturated heterocycles. The lowest BCUT2D eigenvalue weighted by Gasteiger charge is -2.14. The standard InChI is InChI=1S/C7H13N3/c1-5-10(4)7(2)9-6-8-3/h6H,2-3,5H2,1,4H3/b9-6-. The first kappa shape index (κ1) is 8.88. The van der Waals surface area contributed by atoms with Crippen LogP contribution >= 0.6 is 0 Å². The topological polar surface area (TPSA) is 28.0 Å². The molecule has 0 aromatic rings.